The van der Waals surface area contributed by atoms with Crippen molar-refractivity contribution in [1.29, 1.82) is 0 Å². The van der Waals surface area contributed by atoms with Crippen molar-refractivity contribution in [3.63, 3.8) is 0 Å². The smallest absolute Gasteiger partial charge is 0.0806 e. The van der Waals surface area contributed by atoms with Crippen molar-refractivity contribution in [2.45, 2.75) is 78.7 Å². The van der Waals surface area contributed by atoms with E-state index >= 15 is 0 Å². The minimum atomic E-state index is 0.123. The summed E-state index contributed by atoms with van der Waals surface area (Å²) in [7, 11) is 0. The van der Waals surface area contributed by atoms with Crippen LogP contribution in [0.25, 0.3) is 0 Å². The highest BCUT2D eigenvalue weighted by Crippen LogP contribution is 2.38. The van der Waals surface area contributed by atoms with E-state index in [-0.39, 0.29) is 5.60 Å². The van der Waals surface area contributed by atoms with Gasteiger partial charge in [-0.2, -0.15) is 0 Å². The number of likely N-dealkylation sites (N-methyl/N-ethyl adjacent to an activating group) is 1. The molecule has 1 fully saturated rings. The molecule has 1 aliphatic rings. The highest BCUT2D eigenvalue weighted by Gasteiger charge is 2.36. The minimum absolute atomic E-state index is 0.123. The van der Waals surface area contributed by atoms with Gasteiger partial charge < -0.3 is 10.1 Å². The van der Waals surface area contributed by atoms with Crippen molar-refractivity contribution in [3.8, 4) is 0 Å². The summed E-state index contributed by atoms with van der Waals surface area (Å²) in [6.07, 6.45) is 7.65. The zero-order valence-electron chi connectivity index (χ0n) is 14.5. The highest BCUT2D eigenvalue weighted by atomic mass is 16.5. The molecular formula is C18H37NO. The third kappa shape index (κ3) is 6.13. The standard InChI is InChI=1S/C18H37NO/c1-6-19-14-18(20-13-7-8-15(2)3)11-9-17(10-12-18)16(4)5/h15-17,19H,6-14H2,1-5H3. The Labute approximate surface area is 127 Å². The van der Waals surface area contributed by atoms with Gasteiger partial charge in [0.1, 0.15) is 0 Å². The SMILES string of the molecule is CCNCC1(OCCCC(C)C)CCC(C(C)C)CC1. The van der Waals surface area contributed by atoms with Crippen LogP contribution in [-0.2, 0) is 4.74 Å². The van der Waals surface area contributed by atoms with Gasteiger partial charge in [0.15, 0.2) is 0 Å². The van der Waals surface area contributed by atoms with Gasteiger partial charge in [-0.1, -0.05) is 34.6 Å². The Balaban J connectivity index is 2.42. The van der Waals surface area contributed by atoms with Gasteiger partial charge in [0, 0.05) is 13.2 Å². The first-order valence-corrected chi connectivity index (χ1v) is 8.84. The molecule has 20 heavy (non-hydrogen) atoms. The lowest BCUT2D eigenvalue weighted by atomic mass is 9.74. The van der Waals surface area contributed by atoms with Crippen molar-refractivity contribution in [2.75, 3.05) is 19.7 Å². The lowest BCUT2D eigenvalue weighted by molar-refractivity contribution is -0.0807. The van der Waals surface area contributed by atoms with Gasteiger partial charge in [-0.15, -0.1) is 0 Å². The van der Waals surface area contributed by atoms with E-state index in [1.807, 2.05) is 0 Å². The van der Waals surface area contributed by atoms with Crippen LogP contribution in [0.5, 0.6) is 0 Å². The van der Waals surface area contributed by atoms with Crippen LogP contribution in [0.4, 0.5) is 0 Å². The molecular weight excluding hydrogens is 246 g/mol. The number of hydrogen-bond acceptors (Lipinski definition) is 2. The summed E-state index contributed by atoms with van der Waals surface area (Å²) >= 11 is 0. The average molecular weight is 284 g/mol. The number of hydrogen-bond donors (Lipinski definition) is 1. The fourth-order valence-electron chi connectivity index (χ4n) is 3.34. The Kier molecular flexibility index (Phi) is 8.13. The van der Waals surface area contributed by atoms with Gasteiger partial charge in [0.25, 0.3) is 0 Å². The van der Waals surface area contributed by atoms with E-state index in [1.165, 1.54) is 38.5 Å². The fourth-order valence-corrected chi connectivity index (χ4v) is 3.34. The van der Waals surface area contributed by atoms with Crippen molar-refractivity contribution >= 4 is 0 Å². The monoisotopic (exact) mass is 283 g/mol. The second-order valence-corrected chi connectivity index (χ2v) is 7.43. The Morgan fingerprint density at radius 2 is 1.80 bits per heavy atom. The molecule has 0 heterocycles. The lowest BCUT2D eigenvalue weighted by Crippen LogP contribution is -2.46. The molecule has 0 atom stereocenters. The van der Waals surface area contributed by atoms with Crippen LogP contribution in [-0.4, -0.2) is 25.3 Å². The van der Waals surface area contributed by atoms with Crippen molar-refractivity contribution in [3.05, 3.63) is 0 Å². The second kappa shape index (κ2) is 9.04. The van der Waals surface area contributed by atoms with Gasteiger partial charge in [-0.3, -0.25) is 0 Å². The summed E-state index contributed by atoms with van der Waals surface area (Å²) in [4.78, 5) is 0. The maximum Gasteiger partial charge on any atom is 0.0806 e. The van der Waals surface area contributed by atoms with Gasteiger partial charge in [-0.25, -0.2) is 0 Å². The number of nitrogens with one attached hydrogen (secondary N) is 1. The van der Waals surface area contributed by atoms with Crippen LogP contribution in [0.15, 0.2) is 0 Å². The van der Waals surface area contributed by atoms with Crippen LogP contribution >= 0.6 is 0 Å². The molecule has 0 spiro atoms. The molecule has 0 aliphatic heterocycles. The minimum Gasteiger partial charge on any atom is -0.374 e. The number of rotatable bonds is 9. The first kappa shape index (κ1) is 18.0. The normalized spacial score (nSPS) is 27.4. The van der Waals surface area contributed by atoms with E-state index in [2.05, 4.69) is 39.9 Å². The third-order valence-electron chi connectivity index (χ3n) is 4.92. The first-order valence-electron chi connectivity index (χ1n) is 8.84. The zero-order chi connectivity index (χ0) is 15.0. The topological polar surface area (TPSA) is 21.3 Å². The Morgan fingerprint density at radius 1 is 1.15 bits per heavy atom. The molecule has 2 nitrogen and oxygen atoms in total. The first-order chi connectivity index (χ1) is 9.49. The summed E-state index contributed by atoms with van der Waals surface area (Å²) in [5.41, 5.74) is 0.123. The molecule has 0 aromatic rings. The predicted octanol–water partition coefficient (Wildman–Crippen LogP) is 4.63. The van der Waals surface area contributed by atoms with Gasteiger partial charge in [0.05, 0.1) is 5.60 Å². The molecule has 0 saturated heterocycles. The zero-order valence-corrected chi connectivity index (χ0v) is 14.5. The molecule has 1 aliphatic carbocycles. The molecule has 1 N–H and O–H groups in total. The molecule has 120 valence electrons. The summed E-state index contributed by atoms with van der Waals surface area (Å²) in [5, 5.41) is 3.53. The summed E-state index contributed by atoms with van der Waals surface area (Å²) in [6, 6.07) is 0. The quantitative estimate of drug-likeness (QED) is 0.623. The number of ether oxygens (including phenoxy) is 1. The molecule has 0 radical (unpaired) electrons. The summed E-state index contributed by atoms with van der Waals surface area (Å²) < 4.78 is 6.39. The van der Waals surface area contributed by atoms with Crippen LogP contribution in [0.2, 0.25) is 0 Å². The molecule has 1 saturated carbocycles. The molecule has 0 aromatic heterocycles. The summed E-state index contributed by atoms with van der Waals surface area (Å²) in [5.74, 6) is 2.53. The molecule has 0 unspecified atom stereocenters. The summed E-state index contributed by atoms with van der Waals surface area (Å²) in [6.45, 7) is 14.5. The lowest BCUT2D eigenvalue weighted by Gasteiger charge is -2.41. The molecule has 0 aromatic carbocycles. The van der Waals surface area contributed by atoms with E-state index in [0.717, 1.165) is 37.5 Å². The molecule has 2 heteroatoms. The van der Waals surface area contributed by atoms with E-state index < -0.39 is 0 Å². The molecule has 0 amide bonds. The molecule has 1 rings (SSSR count). The van der Waals surface area contributed by atoms with Crippen LogP contribution < -0.4 is 5.32 Å². The van der Waals surface area contributed by atoms with Crippen LogP contribution in [0.3, 0.4) is 0 Å². The van der Waals surface area contributed by atoms with Crippen molar-refractivity contribution < 1.29 is 4.74 Å². The maximum atomic E-state index is 6.39. The van der Waals surface area contributed by atoms with E-state index in [1.54, 1.807) is 0 Å². The van der Waals surface area contributed by atoms with Crippen molar-refractivity contribution in [1.82, 2.24) is 5.32 Å². The predicted molar refractivity (Wildman–Crippen MR) is 88.1 cm³/mol. The Bertz CT molecular complexity index is 242. The van der Waals surface area contributed by atoms with Crippen LogP contribution in [0.1, 0.15) is 73.1 Å². The molecule has 0 bridgehead atoms. The van der Waals surface area contributed by atoms with E-state index in [9.17, 15) is 0 Å². The van der Waals surface area contributed by atoms with E-state index in [4.69, 9.17) is 4.74 Å². The van der Waals surface area contributed by atoms with Gasteiger partial charge in [-0.05, 0) is 62.8 Å². The third-order valence-corrected chi connectivity index (χ3v) is 4.92. The van der Waals surface area contributed by atoms with Gasteiger partial charge in [0.2, 0.25) is 0 Å². The fraction of sp³-hybridized carbons (Fsp3) is 1.00. The largest absolute Gasteiger partial charge is 0.374 e. The average Bonchev–Trinajstić information content (AvgIpc) is 2.42. The van der Waals surface area contributed by atoms with Gasteiger partial charge >= 0.3 is 0 Å². The van der Waals surface area contributed by atoms with Crippen LogP contribution in [0, 0.1) is 17.8 Å². The van der Waals surface area contributed by atoms with Crippen molar-refractivity contribution in [2.24, 2.45) is 17.8 Å². The van der Waals surface area contributed by atoms with E-state index in [0.29, 0.717) is 0 Å². The Morgan fingerprint density at radius 3 is 2.30 bits per heavy atom. The highest BCUT2D eigenvalue weighted by molar-refractivity contribution is 4.90. The second-order valence-electron chi connectivity index (χ2n) is 7.43. The maximum absolute atomic E-state index is 6.39. The Hall–Kier alpha value is -0.0800.